The van der Waals surface area contributed by atoms with Crippen LogP contribution in [0.15, 0.2) is 11.0 Å². The molecule has 1 saturated heterocycles. The van der Waals surface area contributed by atoms with E-state index in [0.717, 1.165) is 0 Å². The number of aliphatic hydroxyl groups is 2. The van der Waals surface area contributed by atoms with Gasteiger partial charge in [-0.25, -0.2) is 4.79 Å². The molecule has 0 unspecified atom stereocenters. The van der Waals surface area contributed by atoms with Crippen LogP contribution in [0.2, 0.25) is 0 Å². The van der Waals surface area contributed by atoms with Gasteiger partial charge < -0.3 is 20.7 Å². The van der Waals surface area contributed by atoms with Gasteiger partial charge in [0.2, 0.25) is 0 Å². The van der Waals surface area contributed by atoms with Crippen LogP contribution in [-0.4, -0.2) is 38.6 Å². The number of hydrogen-bond acceptors (Lipinski definition) is 6. The van der Waals surface area contributed by atoms with Crippen molar-refractivity contribution in [2.24, 2.45) is 0 Å². The summed E-state index contributed by atoms with van der Waals surface area (Å²) in [6, 6.07) is 0. The van der Waals surface area contributed by atoms with E-state index in [0.29, 0.717) is 5.56 Å². The summed E-state index contributed by atoms with van der Waals surface area (Å²) in [6.07, 6.45) is 4.66. The molecule has 1 fully saturated rings. The van der Waals surface area contributed by atoms with Gasteiger partial charge >= 0.3 is 5.69 Å². The first-order valence-corrected chi connectivity index (χ1v) is 6.32. The standard InChI is InChI=1S/C14H15N3O4/c1-2-3-4-5-9-7-17(14(20)16-13(9)15)12-6-10(19)11(8-18)21-12/h1,7,10-12,18-19H,3,6,8H2,(H2,15,16,20)/t10-,11-,12-/m1/s1. The first-order chi connectivity index (χ1) is 10.1. The smallest absolute Gasteiger partial charge is 0.351 e. The highest BCUT2D eigenvalue weighted by atomic mass is 16.5. The Balaban J connectivity index is 2.33. The van der Waals surface area contributed by atoms with Crippen LogP contribution in [0.4, 0.5) is 5.82 Å². The van der Waals surface area contributed by atoms with Crippen molar-refractivity contribution in [1.82, 2.24) is 9.55 Å². The summed E-state index contributed by atoms with van der Waals surface area (Å²) < 4.78 is 6.62. The molecule has 0 bridgehead atoms. The highest BCUT2D eigenvalue weighted by Gasteiger charge is 2.35. The van der Waals surface area contributed by atoms with E-state index in [4.69, 9.17) is 22.0 Å². The minimum Gasteiger partial charge on any atom is -0.394 e. The van der Waals surface area contributed by atoms with Crippen molar-refractivity contribution in [2.75, 3.05) is 12.3 Å². The number of aliphatic hydroxyl groups excluding tert-OH is 2. The third kappa shape index (κ3) is 3.23. The molecule has 1 aromatic rings. The molecule has 7 nitrogen and oxygen atoms in total. The molecule has 110 valence electrons. The van der Waals surface area contributed by atoms with Gasteiger partial charge in [-0.15, -0.1) is 6.42 Å². The lowest BCUT2D eigenvalue weighted by Crippen LogP contribution is -2.28. The summed E-state index contributed by atoms with van der Waals surface area (Å²) in [6.45, 7) is -0.330. The molecule has 0 aliphatic carbocycles. The highest BCUT2D eigenvalue weighted by Crippen LogP contribution is 2.27. The Morgan fingerprint density at radius 1 is 1.62 bits per heavy atom. The number of nitrogens with zero attached hydrogens (tertiary/aromatic N) is 2. The first-order valence-electron chi connectivity index (χ1n) is 6.32. The van der Waals surface area contributed by atoms with Crippen LogP contribution in [0, 0.1) is 24.2 Å². The number of terminal acetylenes is 1. The van der Waals surface area contributed by atoms with Gasteiger partial charge in [0.15, 0.2) is 0 Å². The van der Waals surface area contributed by atoms with Crippen molar-refractivity contribution >= 4 is 5.82 Å². The SMILES string of the molecule is C#CCC#Cc1cn([C@H]2C[C@@H](O)[C@@H](CO)O2)c(=O)nc1N. The Labute approximate surface area is 121 Å². The van der Waals surface area contributed by atoms with Crippen LogP contribution in [0.3, 0.4) is 0 Å². The van der Waals surface area contributed by atoms with E-state index in [1.54, 1.807) is 0 Å². The van der Waals surface area contributed by atoms with Crippen LogP contribution >= 0.6 is 0 Å². The average Bonchev–Trinajstić information content (AvgIpc) is 2.82. The van der Waals surface area contributed by atoms with Crippen LogP contribution < -0.4 is 11.4 Å². The molecule has 2 heterocycles. The Morgan fingerprint density at radius 3 is 3.00 bits per heavy atom. The van der Waals surface area contributed by atoms with Crippen molar-refractivity contribution in [2.45, 2.75) is 31.3 Å². The maximum Gasteiger partial charge on any atom is 0.351 e. The van der Waals surface area contributed by atoms with Crippen LogP contribution in [0.1, 0.15) is 24.6 Å². The third-order valence-electron chi connectivity index (χ3n) is 3.09. The van der Waals surface area contributed by atoms with Gasteiger partial charge in [0.1, 0.15) is 18.1 Å². The van der Waals surface area contributed by atoms with Gasteiger partial charge in [0.05, 0.1) is 24.7 Å². The molecule has 7 heteroatoms. The van der Waals surface area contributed by atoms with Crippen LogP contribution in [0.5, 0.6) is 0 Å². The van der Waals surface area contributed by atoms with Crippen molar-refractivity contribution in [3.8, 4) is 24.2 Å². The normalized spacial score (nSPS) is 24.1. The number of rotatable bonds is 2. The number of nitrogens with two attached hydrogens (primary N) is 1. The molecule has 0 spiro atoms. The molecular formula is C14H15N3O4. The first kappa shape index (κ1) is 15.1. The second kappa shape index (κ2) is 6.42. The minimum atomic E-state index is -0.847. The highest BCUT2D eigenvalue weighted by molar-refractivity contribution is 5.49. The van der Waals surface area contributed by atoms with Gasteiger partial charge in [-0.2, -0.15) is 4.98 Å². The maximum absolute atomic E-state index is 11.9. The lowest BCUT2D eigenvalue weighted by molar-refractivity contribution is -0.0458. The Hall–Kier alpha value is -2.32. The Kier molecular flexibility index (Phi) is 4.61. The van der Waals surface area contributed by atoms with E-state index in [1.807, 2.05) is 0 Å². The van der Waals surface area contributed by atoms with Crippen LogP contribution in [0.25, 0.3) is 0 Å². The minimum absolute atomic E-state index is 0.0121. The van der Waals surface area contributed by atoms with Crippen molar-refractivity contribution < 1.29 is 14.9 Å². The monoisotopic (exact) mass is 289 g/mol. The molecule has 0 amide bonds. The summed E-state index contributed by atoms with van der Waals surface area (Å²) in [5.41, 5.74) is 5.39. The molecule has 0 aromatic carbocycles. The second-order valence-electron chi connectivity index (χ2n) is 4.53. The summed E-state index contributed by atoms with van der Waals surface area (Å²) in [5, 5.41) is 18.8. The molecule has 1 aromatic heterocycles. The molecule has 1 aliphatic heterocycles. The van der Waals surface area contributed by atoms with Gasteiger partial charge in [-0.3, -0.25) is 4.57 Å². The number of anilines is 1. The maximum atomic E-state index is 11.9. The third-order valence-corrected chi connectivity index (χ3v) is 3.09. The number of nitrogen functional groups attached to an aromatic ring is 1. The van der Waals surface area contributed by atoms with E-state index < -0.39 is 24.1 Å². The van der Waals surface area contributed by atoms with Crippen molar-refractivity contribution in [1.29, 1.82) is 0 Å². The quantitative estimate of drug-likeness (QED) is 0.592. The summed E-state index contributed by atoms with van der Waals surface area (Å²) >= 11 is 0. The fourth-order valence-corrected chi connectivity index (χ4v) is 2.02. The fraction of sp³-hybridized carbons (Fsp3) is 0.429. The predicted octanol–water partition coefficient (Wildman–Crippen LogP) is -1.16. The number of hydrogen-bond donors (Lipinski definition) is 3. The number of aromatic nitrogens is 2. The predicted molar refractivity (Wildman–Crippen MR) is 74.9 cm³/mol. The lowest BCUT2D eigenvalue weighted by Gasteiger charge is -2.14. The Bertz CT molecular complexity index is 680. The summed E-state index contributed by atoms with van der Waals surface area (Å²) in [7, 11) is 0. The molecule has 21 heavy (non-hydrogen) atoms. The molecule has 0 saturated carbocycles. The van der Waals surface area contributed by atoms with Gasteiger partial charge in [0.25, 0.3) is 0 Å². The Morgan fingerprint density at radius 2 is 2.38 bits per heavy atom. The number of ether oxygens (including phenoxy) is 1. The zero-order chi connectivity index (χ0) is 15.4. The van der Waals surface area contributed by atoms with E-state index in [9.17, 15) is 9.90 Å². The van der Waals surface area contributed by atoms with Crippen molar-refractivity contribution in [3.05, 3.63) is 22.2 Å². The van der Waals surface area contributed by atoms with Crippen LogP contribution in [-0.2, 0) is 4.74 Å². The molecule has 4 N–H and O–H groups in total. The molecule has 1 aliphatic rings. The van der Waals surface area contributed by atoms with E-state index in [1.165, 1.54) is 10.8 Å². The largest absolute Gasteiger partial charge is 0.394 e. The topological polar surface area (TPSA) is 111 Å². The zero-order valence-corrected chi connectivity index (χ0v) is 11.2. The lowest BCUT2D eigenvalue weighted by atomic mass is 10.2. The van der Waals surface area contributed by atoms with Gasteiger partial charge in [-0.1, -0.05) is 17.8 Å². The van der Waals surface area contributed by atoms with E-state index in [-0.39, 0.29) is 25.3 Å². The van der Waals surface area contributed by atoms with Crippen molar-refractivity contribution in [3.63, 3.8) is 0 Å². The molecule has 2 rings (SSSR count). The second-order valence-corrected chi connectivity index (χ2v) is 4.53. The van der Waals surface area contributed by atoms with E-state index >= 15 is 0 Å². The zero-order valence-electron chi connectivity index (χ0n) is 11.2. The molecule has 3 atom stereocenters. The summed E-state index contributed by atoms with van der Waals surface area (Å²) in [4.78, 5) is 15.6. The average molecular weight is 289 g/mol. The molecular weight excluding hydrogens is 274 g/mol. The fourth-order valence-electron chi connectivity index (χ4n) is 2.02. The van der Waals surface area contributed by atoms with Gasteiger partial charge in [-0.05, 0) is 0 Å². The summed E-state index contributed by atoms with van der Waals surface area (Å²) in [5.74, 6) is 7.82. The molecule has 0 radical (unpaired) electrons. The van der Waals surface area contributed by atoms with E-state index in [2.05, 4.69) is 22.7 Å². The van der Waals surface area contributed by atoms with Gasteiger partial charge in [0, 0.05) is 12.6 Å².